The van der Waals surface area contributed by atoms with Gasteiger partial charge in [0.15, 0.2) is 4.80 Å². The van der Waals surface area contributed by atoms with Crippen molar-refractivity contribution in [1.82, 2.24) is 4.57 Å². The smallest absolute Gasteiger partial charge is 0.338 e. The van der Waals surface area contributed by atoms with Crippen molar-refractivity contribution in [1.29, 1.82) is 0 Å². The summed E-state index contributed by atoms with van der Waals surface area (Å²) in [6, 6.07) is 19.2. The minimum Gasteiger partial charge on any atom is -0.496 e. The summed E-state index contributed by atoms with van der Waals surface area (Å²) in [7, 11) is 1.60. The molecule has 5 rings (SSSR count). The molecule has 7 nitrogen and oxygen atoms in total. The molecule has 40 heavy (non-hydrogen) atoms. The van der Waals surface area contributed by atoms with E-state index >= 15 is 0 Å². The molecule has 2 heterocycles. The molecule has 0 fully saturated rings. The van der Waals surface area contributed by atoms with Gasteiger partial charge >= 0.3 is 5.97 Å². The van der Waals surface area contributed by atoms with Crippen molar-refractivity contribution in [2.75, 3.05) is 31.7 Å². The number of hydrogen-bond acceptors (Lipinski definition) is 7. The highest BCUT2D eigenvalue weighted by molar-refractivity contribution is 7.07. The van der Waals surface area contributed by atoms with Gasteiger partial charge in [0.2, 0.25) is 0 Å². The third-order valence-corrected chi connectivity index (χ3v) is 8.24. The van der Waals surface area contributed by atoms with Gasteiger partial charge in [-0.05, 0) is 68.3 Å². The Hall–Kier alpha value is -4.17. The fraction of sp³-hybridized carbons (Fsp3) is 0.281. The maximum Gasteiger partial charge on any atom is 0.338 e. The van der Waals surface area contributed by atoms with Gasteiger partial charge in [0, 0.05) is 24.3 Å². The Kier molecular flexibility index (Phi) is 7.89. The first kappa shape index (κ1) is 27.4. The Balaban J connectivity index is 1.75. The van der Waals surface area contributed by atoms with Gasteiger partial charge in [-0.25, -0.2) is 9.79 Å². The predicted octanol–water partition coefficient (Wildman–Crippen LogP) is 4.81. The molecule has 0 unspecified atom stereocenters. The van der Waals surface area contributed by atoms with Crippen molar-refractivity contribution in [3.05, 3.63) is 103 Å². The number of fused-ring (bicyclic) bond motifs is 2. The molecule has 1 aromatic heterocycles. The average molecular weight is 556 g/mol. The van der Waals surface area contributed by atoms with Crippen LogP contribution in [-0.4, -0.2) is 37.3 Å². The van der Waals surface area contributed by atoms with E-state index in [4.69, 9.17) is 14.5 Å². The van der Waals surface area contributed by atoms with Crippen molar-refractivity contribution in [3.8, 4) is 5.75 Å². The van der Waals surface area contributed by atoms with Crippen LogP contribution >= 0.6 is 11.3 Å². The summed E-state index contributed by atoms with van der Waals surface area (Å²) in [5.41, 5.74) is 3.43. The van der Waals surface area contributed by atoms with E-state index in [-0.39, 0.29) is 12.2 Å². The molecule has 0 spiro atoms. The number of aromatic nitrogens is 1. The summed E-state index contributed by atoms with van der Waals surface area (Å²) >= 11 is 1.32. The van der Waals surface area contributed by atoms with E-state index in [0.717, 1.165) is 40.7 Å². The molecule has 8 heteroatoms. The number of methoxy groups -OCH3 is 1. The fourth-order valence-corrected chi connectivity index (χ4v) is 6.37. The van der Waals surface area contributed by atoms with Gasteiger partial charge in [-0.2, -0.15) is 0 Å². The lowest BCUT2D eigenvalue weighted by Crippen LogP contribution is -2.40. The third kappa shape index (κ3) is 4.84. The molecule has 1 aliphatic rings. The van der Waals surface area contributed by atoms with Crippen LogP contribution in [-0.2, 0) is 9.53 Å². The Morgan fingerprint density at radius 2 is 1.77 bits per heavy atom. The number of carbonyl (C=O) groups is 1. The van der Waals surface area contributed by atoms with E-state index < -0.39 is 12.0 Å². The zero-order chi connectivity index (χ0) is 28.4. The molecule has 0 amide bonds. The first-order valence-corrected chi connectivity index (χ1v) is 14.3. The molecule has 0 radical (unpaired) electrons. The molecule has 1 aliphatic heterocycles. The molecule has 0 saturated heterocycles. The molecule has 0 bridgehead atoms. The fourth-order valence-electron chi connectivity index (χ4n) is 5.32. The second kappa shape index (κ2) is 11.5. The summed E-state index contributed by atoms with van der Waals surface area (Å²) in [6.07, 6.45) is 1.89. The molecular weight excluding hydrogens is 522 g/mol. The molecule has 0 N–H and O–H groups in total. The van der Waals surface area contributed by atoms with Crippen LogP contribution in [0.15, 0.2) is 81.7 Å². The first-order chi connectivity index (χ1) is 19.4. The van der Waals surface area contributed by atoms with Crippen LogP contribution in [0.25, 0.3) is 16.8 Å². The van der Waals surface area contributed by atoms with E-state index in [9.17, 15) is 9.59 Å². The summed E-state index contributed by atoms with van der Waals surface area (Å²) in [5.74, 6) is 0.0896. The van der Waals surface area contributed by atoms with Crippen LogP contribution in [0.1, 0.15) is 44.9 Å². The normalized spacial score (nSPS) is 15.1. The highest BCUT2D eigenvalue weighted by Gasteiger charge is 2.36. The third-order valence-electron chi connectivity index (χ3n) is 7.26. The first-order valence-electron chi connectivity index (χ1n) is 13.5. The number of esters is 1. The van der Waals surface area contributed by atoms with Gasteiger partial charge in [0.05, 0.1) is 29.5 Å². The zero-order valence-corrected chi connectivity index (χ0v) is 24.2. The topological polar surface area (TPSA) is 73.1 Å². The molecule has 1 atom stereocenters. The quantitative estimate of drug-likeness (QED) is 0.292. The van der Waals surface area contributed by atoms with Crippen LogP contribution in [0, 0.1) is 0 Å². The van der Waals surface area contributed by atoms with Crippen molar-refractivity contribution in [2.45, 2.75) is 33.7 Å². The number of nitrogens with zero attached hydrogens (tertiary/aromatic N) is 3. The number of hydrogen-bond donors (Lipinski definition) is 0. The zero-order valence-electron chi connectivity index (χ0n) is 23.4. The van der Waals surface area contributed by atoms with Gasteiger partial charge < -0.3 is 14.4 Å². The molecule has 3 aromatic carbocycles. The molecular formula is C32H33N3O4S. The van der Waals surface area contributed by atoms with Crippen molar-refractivity contribution in [2.24, 2.45) is 4.99 Å². The van der Waals surface area contributed by atoms with E-state index in [1.54, 1.807) is 25.5 Å². The lowest BCUT2D eigenvalue weighted by molar-refractivity contribution is -0.139. The van der Waals surface area contributed by atoms with Gasteiger partial charge in [0.25, 0.3) is 5.56 Å². The van der Waals surface area contributed by atoms with E-state index in [2.05, 4.69) is 30.9 Å². The number of anilines is 1. The summed E-state index contributed by atoms with van der Waals surface area (Å²) < 4.78 is 13.4. The van der Waals surface area contributed by atoms with Crippen LogP contribution in [0.2, 0.25) is 0 Å². The van der Waals surface area contributed by atoms with Gasteiger partial charge in [-0.15, -0.1) is 0 Å². The van der Waals surface area contributed by atoms with Crippen molar-refractivity contribution >= 4 is 39.8 Å². The number of ether oxygens (including phenoxy) is 2. The molecule has 206 valence electrons. The van der Waals surface area contributed by atoms with Gasteiger partial charge in [0.1, 0.15) is 11.8 Å². The predicted molar refractivity (Wildman–Crippen MR) is 161 cm³/mol. The van der Waals surface area contributed by atoms with Crippen LogP contribution in [0.5, 0.6) is 5.75 Å². The standard InChI is InChI=1S/C32H33N3O4S/c1-6-34(7-2)23-16-13-21(14-17-23)19-26-30(36)35-29(27(31(37)39-8-3)20(4)33-32(35)40-26)28-24-12-10-9-11-22(24)15-18-25(28)38-5/h9-19,29H,6-8H2,1-5H3/b26-19-/t29-/m1/s1. The molecule has 0 saturated carbocycles. The van der Waals surface area contributed by atoms with Gasteiger partial charge in [-0.3, -0.25) is 9.36 Å². The largest absolute Gasteiger partial charge is 0.496 e. The molecule has 4 aromatic rings. The minimum absolute atomic E-state index is 0.211. The minimum atomic E-state index is -0.761. The maximum atomic E-state index is 14.1. The molecule has 0 aliphatic carbocycles. The number of allylic oxidation sites excluding steroid dienone is 1. The average Bonchev–Trinajstić information content (AvgIpc) is 3.27. The van der Waals surface area contributed by atoms with E-state index in [1.165, 1.54) is 11.3 Å². The van der Waals surface area contributed by atoms with Gasteiger partial charge in [-0.1, -0.05) is 53.8 Å². The second-order valence-corrected chi connectivity index (χ2v) is 10.5. The lowest BCUT2D eigenvalue weighted by Gasteiger charge is -2.27. The number of carbonyl (C=O) groups excluding carboxylic acids is 1. The van der Waals surface area contributed by atoms with Crippen LogP contribution in [0.4, 0.5) is 5.69 Å². The highest BCUT2D eigenvalue weighted by atomic mass is 32.1. The Bertz CT molecular complexity index is 1780. The Morgan fingerprint density at radius 1 is 1.05 bits per heavy atom. The van der Waals surface area contributed by atoms with E-state index in [0.29, 0.717) is 26.4 Å². The SMILES string of the molecule is CCOC(=O)C1=C(C)N=c2s/c(=C\c3ccc(N(CC)CC)cc3)c(=O)n2[C@H]1c1c(OC)ccc2ccccc12. The summed E-state index contributed by atoms with van der Waals surface area (Å²) in [5, 5.41) is 1.87. The second-order valence-electron chi connectivity index (χ2n) is 9.47. The Labute approximate surface area is 237 Å². The lowest BCUT2D eigenvalue weighted by atomic mass is 9.90. The summed E-state index contributed by atoms with van der Waals surface area (Å²) in [6.45, 7) is 9.88. The van der Waals surface area contributed by atoms with Crippen LogP contribution < -0.4 is 24.5 Å². The number of benzene rings is 3. The summed E-state index contributed by atoms with van der Waals surface area (Å²) in [4.78, 5) is 35.0. The van der Waals surface area contributed by atoms with Crippen molar-refractivity contribution < 1.29 is 14.3 Å². The van der Waals surface area contributed by atoms with E-state index in [1.807, 2.05) is 54.6 Å². The highest BCUT2D eigenvalue weighted by Crippen LogP contribution is 2.40. The maximum absolute atomic E-state index is 14.1. The van der Waals surface area contributed by atoms with Crippen molar-refractivity contribution in [3.63, 3.8) is 0 Å². The monoisotopic (exact) mass is 555 g/mol. The number of thiazole rings is 1. The Morgan fingerprint density at radius 3 is 2.45 bits per heavy atom. The van der Waals surface area contributed by atoms with Crippen LogP contribution in [0.3, 0.4) is 0 Å². The number of rotatable bonds is 8.